The van der Waals surface area contributed by atoms with Crippen molar-refractivity contribution in [2.45, 2.75) is 6.04 Å². The molecule has 1 aliphatic rings. The SMILES string of the molecule is COc1cccc(OC)c1/C(O)=C1\C(=O)C(=O)N(c2ccc(F)cc2)C1c1cccc(Oc2ccccc2)c1. The van der Waals surface area contributed by atoms with Gasteiger partial charge in [-0.3, -0.25) is 14.5 Å². The maximum Gasteiger partial charge on any atom is 0.300 e. The lowest BCUT2D eigenvalue weighted by atomic mass is 9.94. The number of halogens is 1. The Bertz CT molecular complexity index is 1540. The van der Waals surface area contributed by atoms with Gasteiger partial charge in [-0.25, -0.2) is 4.39 Å². The molecule has 0 aromatic heterocycles. The molecule has 5 rings (SSSR count). The first kappa shape index (κ1) is 25.5. The van der Waals surface area contributed by atoms with Gasteiger partial charge in [-0.2, -0.15) is 0 Å². The van der Waals surface area contributed by atoms with E-state index in [9.17, 15) is 19.1 Å². The predicted molar refractivity (Wildman–Crippen MR) is 144 cm³/mol. The minimum Gasteiger partial charge on any atom is -0.506 e. The maximum absolute atomic E-state index is 13.8. The van der Waals surface area contributed by atoms with E-state index in [-0.39, 0.29) is 28.3 Å². The summed E-state index contributed by atoms with van der Waals surface area (Å²) in [4.78, 5) is 28.2. The van der Waals surface area contributed by atoms with Crippen molar-refractivity contribution in [2.75, 3.05) is 19.1 Å². The number of ketones is 1. The third-order valence-electron chi connectivity index (χ3n) is 6.37. The van der Waals surface area contributed by atoms with Crippen LogP contribution >= 0.6 is 0 Å². The second kappa shape index (κ2) is 10.7. The minimum atomic E-state index is -1.07. The summed E-state index contributed by atoms with van der Waals surface area (Å²) in [7, 11) is 2.84. The summed E-state index contributed by atoms with van der Waals surface area (Å²) in [5, 5.41) is 11.6. The molecule has 7 nitrogen and oxygen atoms in total. The van der Waals surface area contributed by atoms with E-state index < -0.39 is 29.3 Å². The number of anilines is 1. The normalized spacial score (nSPS) is 16.3. The highest BCUT2D eigenvalue weighted by molar-refractivity contribution is 6.51. The Balaban J connectivity index is 1.72. The highest BCUT2D eigenvalue weighted by Gasteiger charge is 2.47. The van der Waals surface area contributed by atoms with Crippen molar-refractivity contribution >= 4 is 23.1 Å². The van der Waals surface area contributed by atoms with E-state index in [0.717, 1.165) is 0 Å². The van der Waals surface area contributed by atoms with Crippen LogP contribution in [-0.4, -0.2) is 31.0 Å². The zero-order valence-corrected chi connectivity index (χ0v) is 21.1. The van der Waals surface area contributed by atoms with Crippen LogP contribution in [0.1, 0.15) is 17.2 Å². The molecule has 0 saturated carbocycles. The molecular formula is C31H24FNO6. The average Bonchev–Trinajstić information content (AvgIpc) is 3.23. The first-order chi connectivity index (χ1) is 18.9. The summed E-state index contributed by atoms with van der Waals surface area (Å²) in [6.45, 7) is 0. The Morgan fingerprint density at radius 3 is 2.05 bits per heavy atom. The van der Waals surface area contributed by atoms with E-state index >= 15 is 0 Å². The molecule has 1 saturated heterocycles. The second-order valence-electron chi connectivity index (χ2n) is 8.67. The van der Waals surface area contributed by atoms with Crippen LogP contribution in [0.2, 0.25) is 0 Å². The first-order valence-electron chi connectivity index (χ1n) is 12.0. The molecule has 1 unspecified atom stereocenters. The van der Waals surface area contributed by atoms with E-state index in [1.807, 2.05) is 18.2 Å². The molecule has 1 N–H and O–H groups in total. The number of para-hydroxylation sites is 1. The fourth-order valence-electron chi connectivity index (χ4n) is 4.61. The van der Waals surface area contributed by atoms with Crippen LogP contribution in [0.15, 0.2) is 103 Å². The van der Waals surface area contributed by atoms with Crippen molar-refractivity contribution in [3.05, 3.63) is 120 Å². The van der Waals surface area contributed by atoms with Gasteiger partial charge in [0.05, 0.1) is 25.8 Å². The van der Waals surface area contributed by atoms with Crippen LogP contribution in [-0.2, 0) is 9.59 Å². The number of rotatable bonds is 7. The molecule has 1 amide bonds. The van der Waals surface area contributed by atoms with Gasteiger partial charge < -0.3 is 19.3 Å². The summed E-state index contributed by atoms with van der Waals surface area (Å²) < 4.78 is 30.6. The van der Waals surface area contributed by atoms with Crippen molar-refractivity contribution in [3.8, 4) is 23.0 Å². The number of aliphatic hydroxyl groups excluding tert-OH is 1. The van der Waals surface area contributed by atoms with Gasteiger partial charge in [-0.05, 0) is 66.2 Å². The summed E-state index contributed by atoms with van der Waals surface area (Å²) >= 11 is 0. The topological polar surface area (TPSA) is 85.3 Å². The zero-order chi connectivity index (χ0) is 27.5. The molecule has 4 aromatic carbocycles. The smallest absolute Gasteiger partial charge is 0.300 e. The van der Waals surface area contributed by atoms with Crippen molar-refractivity contribution in [1.29, 1.82) is 0 Å². The van der Waals surface area contributed by atoms with Crippen LogP contribution < -0.4 is 19.1 Å². The molecule has 39 heavy (non-hydrogen) atoms. The molecule has 1 atom stereocenters. The fourth-order valence-corrected chi connectivity index (χ4v) is 4.61. The Morgan fingerprint density at radius 1 is 0.795 bits per heavy atom. The van der Waals surface area contributed by atoms with Gasteiger partial charge in [0.1, 0.15) is 40.1 Å². The zero-order valence-electron chi connectivity index (χ0n) is 21.1. The molecule has 1 fully saturated rings. The van der Waals surface area contributed by atoms with Crippen LogP contribution in [0.4, 0.5) is 10.1 Å². The molecule has 0 spiro atoms. The summed E-state index contributed by atoms with van der Waals surface area (Å²) in [6.07, 6.45) is 0. The highest BCUT2D eigenvalue weighted by Crippen LogP contribution is 2.45. The molecular weight excluding hydrogens is 501 g/mol. The number of carbonyl (C=O) groups excluding carboxylic acids is 2. The number of ether oxygens (including phenoxy) is 3. The average molecular weight is 526 g/mol. The van der Waals surface area contributed by atoms with Crippen LogP contribution in [0, 0.1) is 5.82 Å². The van der Waals surface area contributed by atoms with Gasteiger partial charge in [0, 0.05) is 5.69 Å². The number of hydrogen-bond donors (Lipinski definition) is 1. The maximum atomic E-state index is 13.8. The molecule has 1 heterocycles. The Kier molecular flexibility index (Phi) is 7.01. The Morgan fingerprint density at radius 2 is 1.41 bits per heavy atom. The summed E-state index contributed by atoms with van der Waals surface area (Å²) in [5.74, 6) is -1.20. The fraction of sp³-hybridized carbons (Fsp3) is 0.0968. The standard InChI is InChI=1S/C31H24FNO6/c1-37-24-12-7-13-25(38-2)26(24)29(34)27-28(33(31(36)30(27)35)21-16-14-20(32)15-17-21)19-8-6-11-23(18-19)39-22-9-4-3-5-10-22/h3-18,28,34H,1-2H3/b29-27+. The summed E-state index contributed by atoms with van der Waals surface area (Å²) in [6, 6.07) is 25.0. The molecule has 196 valence electrons. The number of hydrogen-bond acceptors (Lipinski definition) is 6. The minimum absolute atomic E-state index is 0.126. The third-order valence-corrected chi connectivity index (χ3v) is 6.37. The van der Waals surface area contributed by atoms with Gasteiger partial charge in [-0.1, -0.05) is 36.4 Å². The van der Waals surface area contributed by atoms with E-state index in [1.165, 1.54) is 43.4 Å². The van der Waals surface area contributed by atoms with Gasteiger partial charge in [-0.15, -0.1) is 0 Å². The molecule has 4 aromatic rings. The number of amides is 1. The second-order valence-corrected chi connectivity index (χ2v) is 8.67. The number of nitrogens with zero attached hydrogens (tertiary/aromatic N) is 1. The highest BCUT2D eigenvalue weighted by atomic mass is 19.1. The van der Waals surface area contributed by atoms with Gasteiger partial charge >= 0.3 is 0 Å². The Hall–Kier alpha value is -5.11. The number of benzene rings is 4. The monoisotopic (exact) mass is 525 g/mol. The van der Waals surface area contributed by atoms with Crippen molar-refractivity contribution in [2.24, 2.45) is 0 Å². The molecule has 0 aliphatic carbocycles. The van der Waals surface area contributed by atoms with Gasteiger partial charge in [0.2, 0.25) is 0 Å². The van der Waals surface area contributed by atoms with E-state index in [0.29, 0.717) is 17.1 Å². The van der Waals surface area contributed by atoms with Gasteiger partial charge in [0.15, 0.2) is 0 Å². The predicted octanol–water partition coefficient (Wildman–Crippen LogP) is 6.26. The van der Waals surface area contributed by atoms with E-state index in [1.54, 1.807) is 54.6 Å². The number of aliphatic hydroxyl groups is 1. The van der Waals surface area contributed by atoms with E-state index in [4.69, 9.17) is 14.2 Å². The molecule has 8 heteroatoms. The molecule has 0 bridgehead atoms. The number of carbonyl (C=O) groups is 2. The lowest BCUT2D eigenvalue weighted by Gasteiger charge is -2.26. The van der Waals surface area contributed by atoms with Crippen LogP contribution in [0.5, 0.6) is 23.0 Å². The Labute approximate surface area is 224 Å². The lowest BCUT2D eigenvalue weighted by molar-refractivity contribution is -0.132. The third kappa shape index (κ3) is 4.80. The molecule has 0 radical (unpaired) electrons. The van der Waals surface area contributed by atoms with Gasteiger partial charge in [0.25, 0.3) is 11.7 Å². The lowest BCUT2D eigenvalue weighted by Crippen LogP contribution is -2.29. The first-order valence-corrected chi connectivity index (χ1v) is 12.0. The van der Waals surface area contributed by atoms with Crippen molar-refractivity contribution < 1.29 is 33.3 Å². The number of Topliss-reactive ketones (excluding diaryl/α,β-unsaturated/α-hetero) is 1. The van der Waals surface area contributed by atoms with Crippen LogP contribution in [0.3, 0.4) is 0 Å². The summed E-state index contributed by atoms with van der Waals surface area (Å²) in [5.41, 5.74) is 0.719. The molecule has 1 aliphatic heterocycles. The van der Waals surface area contributed by atoms with Crippen molar-refractivity contribution in [3.63, 3.8) is 0 Å². The van der Waals surface area contributed by atoms with E-state index in [2.05, 4.69) is 0 Å². The largest absolute Gasteiger partial charge is 0.506 e. The van der Waals surface area contributed by atoms with Crippen LogP contribution in [0.25, 0.3) is 5.76 Å². The quantitative estimate of drug-likeness (QED) is 0.174. The van der Waals surface area contributed by atoms with Crippen molar-refractivity contribution in [1.82, 2.24) is 0 Å². The number of methoxy groups -OCH3 is 2.